The maximum atomic E-state index is 11.6. The van der Waals surface area contributed by atoms with Gasteiger partial charge in [0, 0.05) is 26.1 Å². The number of ether oxygens (including phenoxy) is 1. The molecule has 80 valence electrons. The Morgan fingerprint density at radius 2 is 2.36 bits per heavy atom. The zero-order valence-electron chi connectivity index (χ0n) is 9.08. The first kappa shape index (κ1) is 10.1. The summed E-state index contributed by atoms with van der Waals surface area (Å²) < 4.78 is 5.59. The lowest BCUT2D eigenvalue weighted by molar-refractivity contribution is -0.124. The zero-order valence-corrected chi connectivity index (χ0v) is 9.08. The van der Waals surface area contributed by atoms with Gasteiger partial charge >= 0.3 is 0 Å². The molecular weight excluding hydrogens is 178 g/mol. The fourth-order valence-corrected chi connectivity index (χ4v) is 2.35. The van der Waals surface area contributed by atoms with Crippen molar-refractivity contribution in [2.75, 3.05) is 19.7 Å². The van der Waals surface area contributed by atoms with Crippen molar-refractivity contribution in [1.29, 1.82) is 0 Å². The lowest BCUT2D eigenvalue weighted by Gasteiger charge is -2.31. The van der Waals surface area contributed by atoms with Crippen LogP contribution in [-0.4, -0.2) is 42.0 Å². The van der Waals surface area contributed by atoms with Crippen molar-refractivity contribution in [2.24, 2.45) is 0 Å². The fourth-order valence-electron chi connectivity index (χ4n) is 2.35. The number of ketones is 1. The molecule has 0 amide bonds. The summed E-state index contributed by atoms with van der Waals surface area (Å²) in [7, 11) is 0. The summed E-state index contributed by atoms with van der Waals surface area (Å²) in [5.41, 5.74) is -0.258. The number of likely N-dealkylation sites (tertiary alicyclic amines) is 1. The van der Waals surface area contributed by atoms with Crippen LogP contribution in [0.3, 0.4) is 0 Å². The summed E-state index contributed by atoms with van der Waals surface area (Å²) in [4.78, 5) is 13.9. The van der Waals surface area contributed by atoms with Gasteiger partial charge in [0.05, 0.1) is 11.6 Å². The van der Waals surface area contributed by atoms with Crippen LogP contribution < -0.4 is 0 Å². The van der Waals surface area contributed by atoms with E-state index < -0.39 is 0 Å². The third-order valence-electron chi connectivity index (χ3n) is 3.53. The van der Waals surface area contributed by atoms with Crippen LogP contribution in [0.2, 0.25) is 0 Å². The normalized spacial score (nSPS) is 32.7. The summed E-state index contributed by atoms with van der Waals surface area (Å²) in [6.07, 6.45) is 3.40. The Kier molecular flexibility index (Phi) is 2.62. The maximum Gasteiger partial charge on any atom is 0.153 e. The zero-order chi connectivity index (χ0) is 10.2. The van der Waals surface area contributed by atoms with E-state index in [2.05, 4.69) is 4.90 Å². The van der Waals surface area contributed by atoms with E-state index in [0.717, 1.165) is 26.1 Å². The topological polar surface area (TPSA) is 29.5 Å². The summed E-state index contributed by atoms with van der Waals surface area (Å²) in [5, 5.41) is 0. The first-order valence-corrected chi connectivity index (χ1v) is 5.50. The van der Waals surface area contributed by atoms with Gasteiger partial charge in [0.2, 0.25) is 0 Å². The molecule has 2 fully saturated rings. The molecule has 0 spiro atoms. The average Bonchev–Trinajstić information content (AvgIpc) is 2.70. The van der Waals surface area contributed by atoms with Crippen molar-refractivity contribution >= 4 is 5.78 Å². The maximum absolute atomic E-state index is 11.6. The Morgan fingerprint density at radius 1 is 1.57 bits per heavy atom. The lowest BCUT2D eigenvalue weighted by Crippen LogP contribution is -2.46. The van der Waals surface area contributed by atoms with Crippen molar-refractivity contribution in [2.45, 2.75) is 44.8 Å². The van der Waals surface area contributed by atoms with Crippen molar-refractivity contribution in [3.63, 3.8) is 0 Å². The number of hydrogen-bond donors (Lipinski definition) is 0. The summed E-state index contributed by atoms with van der Waals surface area (Å²) in [6, 6.07) is 0. The molecule has 0 saturated carbocycles. The second kappa shape index (κ2) is 3.63. The van der Waals surface area contributed by atoms with E-state index in [-0.39, 0.29) is 5.54 Å². The van der Waals surface area contributed by atoms with Gasteiger partial charge in [-0.3, -0.25) is 9.69 Å². The van der Waals surface area contributed by atoms with Gasteiger partial charge in [-0.15, -0.1) is 0 Å². The predicted octanol–water partition coefficient (Wildman–Crippen LogP) is 1.22. The van der Waals surface area contributed by atoms with Crippen molar-refractivity contribution in [3.8, 4) is 0 Å². The SMILES string of the molecule is CC1(C)C(=O)CCN1CC1CCCO1. The quantitative estimate of drug-likeness (QED) is 0.666. The summed E-state index contributed by atoms with van der Waals surface area (Å²) in [5.74, 6) is 0.371. The molecule has 1 unspecified atom stereocenters. The highest BCUT2D eigenvalue weighted by atomic mass is 16.5. The number of nitrogens with zero attached hydrogens (tertiary/aromatic N) is 1. The van der Waals surface area contributed by atoms with Crippen LogP contribution in [0.4, 0.5) is 0 Å². The number of Topliss-reactive ketones (excluding diaryl/α,β-unsaturated/α-hetero) is 1. The van der Waals surface area contributed by atoms with Crippen LogP contribution in [0.5, 0.6) is 0 Å². The highest BCUT2D eigenvalue weighted by Crippen LogP contribution is 2.26. The number of carbonyl (C=O) groups is 1. The van der Waals surface area contributed by atoms with E-state index in [4.69, 9.17) is 4.74 Å². The van der Waals surface area contributed by atoms with Gasteiger partial charge in [0.15, 0.2) is 5.78 Å². The Balaban J connectivity index is 1.94. The molecule has 14 heavy (non-hydrogen) atoms. The molecule has 0 aromatic heterocycles. The van der Waals surface area contributed by atoms with E-state index in [0.29, 0.717) is 18.3 Å². The minimum absolute atomic E-state index is 0.258. The van der Waals surface area contributed by atoms with Crippen LogP contribution in [-0.2, 0) is 9.53 Å². The molecule has 0 radical (unpaired) electrons. The van der Waals surface area contributed by atoms with Crippen LogP contribution in [0.25, 0.3) is 0 Å². The van der Waals surface area contributed by atoms with E-state index in [1.165, 1.54) is 6.42 Å². The standard InChI is InChI=1S/C11H19NO2/c1-11(2)10(13)5-6-12(11)8-9-4-3-7-14-9/h9H,3-8H2,1-2H3. The van der Waals surface area contributed by atoms with Crippen LogP contribution in [0.1, 0.15) is 33.1 Å². The largest absolute Gasteiger partial charge is 0.377 e. The average molecular weight is 197 g/mol. The molecule has 2 aliphatic heterocycles. The first-order chi connectivity index (χ1) is 6.60. The summed E-state index contributed by atoms with van der Waals surface area (Å²) >= 11 is 0. The van der Waals surface area contributed by atoms with Gasteiger partial charge in [0.1, 0.15) is 0 Å². The fraction of sp³-hybridized carbons (Fsp3) is 0.909. The van der Waals surface area contributed by atoms with Crippen molar-refractivity contribution in [3.05, 3.63) is 0 Å². The molecule has 0 aromatic rings. The Bertz CT molecular complexity index is 231. The molecular formula is C11H19NO2. The van der Waals surface area contributed by atoms with Crippen LogP contribution in [0, 0.1) is 0 Å². The molecule has 0 aromatic carbocycles. The van der Waals surface area contributed by atoms with Crippen molar-refractivity contribution < 1.29 is 9.53 Å². The smallest absolute Gasteiger partial charge is 0.153 e. The van der Waals surface area contributed by atoms with Crippen LogP contribution in [0.15, 0.2) is 0 Å². The molecule has 0 bridgehead atoms. The third-order valence-corrected chi connectivity index (χ3v) is 3.53. The van der Waals surface area contributed by atoms with Gasteiger partial charge < -0.3 is 4.74 Å². The van der Waals surface area contributed by atoms with Gasteiger partial charge in [-0.05, 0) is 26.7 Å². The predicted molar refractivity (Wildman–Crippen MR) is 54.3 cm³/mol. The molecule has 0 N–H and O–H groups in total. The van der Waals surface area contributed by atoms with Gasteiger partial charge in [0.25, 0.3) is 0 Å². The lowest BCUT2D eigenvalue weighted by atomic mass is 10.0. The molecule has 3 heteroatoms. The molecule has 2 heterocycles. The number of rotatable bonds is 2. The number of hydrogen-bond acceptors (Lipinski definition) is 3. The molecule has 2 aliphatic rings. The molecule has 3 nitrogen and oxygen atoms in total. The third kappa shape index (κ3) is 1.71. The highest BCUT2D eigenvalue weighted by molar-refractivity contribution is 5.89. The second-order valence-corrected chi connectivity index (χ2v) is 4.81. The van der Waals surface area contributed by atoms with E-state index >= 15 is 0 Å². The highest BCUT2D eigenvalue weighted by Gasteiger charge is 2.40. The molecule has 0 aliphatic carbocycles. The Hall–Kier alpha value is -0.410. The molecule has 1 atom stereocenters. The van der Waals surface area contributed by atoms with Gasteiger partial charge in [-0.1, -0.05) is 0 Å². The van der Waals surface area contributed by atoms with Crippen LogP contribution >= 0.6 is 0 Å². The number of carbonyl (C=O) groups excluding carboxylic acids is 1. The van der Waals surface area contributed by atoms with Gasteiger partial charge in [-0.2, -0.15) is 0 Å². The van der Waals surface area contributed by atoms with Gasteiger partial charge in [-0.25, -0.2) is 0 Å². The molecule has 2 rings (SSSR count). The molecule has 2 saturated heterocycles. The minimum Gasteiger partial charge on any atom is -0.377 e. The first-order valence-electron chi connectivity index (χ1n) is 5.50. The van der Waals surface area contributed by atoms with E-state index in [1.54, 1.807) is 0 Å². The minimum atomic E-state index is -0.258. The Labute approximate surface area is 85.4 Å². The van der Waals surface area contributed by atoms with Crippen molar-refractivity contribution in [1.82, 2.24) is 4.90 Å². The summed E-state index contributed by atoms with van der Waals surface area (Å²) in [6.45, 7) is 6.78. The van der Waals surface area contributed by atoms with E-state index in [1.807, 2.05) is 13.8 Å². The monoisotopic (exact) mass is 197 g/mol. The van der Waals surface area contributed by atoms with E-state index in [9.17, 15) is 4.79 Å². The Morgan fingerprint density at radius 3 is 2.86 bits per heavy atom. The second-order valence-electron chi connectivity index (χ2n) is 4.81.